The number of pyridine rings is 1. The van der Waals surface area contributed by atoms with Gasteiger partial charge < -0.3 is 16.0 Å². The number of hydrogen-bond acceptors (Lipinski definition) is 3. The van der Waals surface area contributed by atoms with Crippen LogP contribution in [0.1, 0.15) is 6.42 Å². The molecule has 2 aromatic heterocycles. The number of rotatable bonds is 5. The molecule has 0 bridgehead atoms. The monoisotopic (exact) mass is 234 g/mol. The number of nitrogens with two attached hydrogens (primary N) is 1. The second-order valence-corrected chi connectivity index (χ2v) is 4.53. The van der Waals surface area contributed by atoms with Crippen molar-refractivity contribution in [1.29, 1.82) is 0 Å². The van der Waals surface area contributed by atoms with Crippen molar-refractivity contribution in [2.24, 2.45) is 0 Å². The molecule has 0 aliphatic rings. The first-order valence-electron chi connectivity index (χ1n) is 5.94. The zero-order valence-corrected chi connectivity index (χ0v) is 10.4. The number of nitrogens with one attached hydrogen (secondary N) is 2. The van der Waals surface area contributed by atoms with Gasteiger partial charge in [-0.15, -0.1) is 5.10 Å². The molecule has 92 valence electrons. The van der Waals surface area contributed by atoms with Gasteiger partial charge in [-0.3, -0.25) is 0 Å². The molecule has 0 atom stereocenters. The summed E-state index contributed by atoms with van der Waals surface area (Å²) < 4.78 is 1.80. The predicted molar refractivity (Wildman–Crippen MR) is 70.4 cm³/mol. The summed E-state index contributed by atoms with van der Waals surface area (Å²) in [5.41, 5.74) is 7.71. The van der Waals surface area contributed by atoms with Crippen LogP contribution < -0.4 is 16.0 Å². The Balaban J connectivity index is 2.01. The van der Waals surface area contributed by atoms with Gasteiger partial charge in [0.1, 0.15) is 5.69 Å². The lowest BCUT2D eigenvalue weighted by molar-refractivity contribution is -0.858. The number of nitrogens with zero attached hydrogens (tertiary/aromatic N) is 2. The summed E-state index contributed by atoms with van der Waals surface area (Å²) in [5, 5.41) is 7.69. The summed E-state index contributed by atoms with van der Waals surface area (Å²) >= 11 is 0. The number of quaternary nitrogens is 1. The minimum atomic E-state index is 0.725. The van der Waals surface area contributed by atoms with Gasteiger partial charge >= 0.3 is 0 Å². The molecule has 0 saturated heterocycles. The van der Waals surface area contributed by atoms with Crippen LogP contribution in [0.15, 0.2) is 24.4 Å². The van der Waals surface area contributed by atoms with E-state index in [1.807, 2.05) is 24.4 Å². The summed E-state index contributed by atoms with van der Waals surface area (Å²) in [7, 11) is 4.30. The summed E-state index contributed by atoms with van der Waals surface area (Å²) in [6.07, 6.45) is 3.01. The molecule has 17 heavy (non-hydrogen) atoms. The second-order valence-electron chi connectivity index (χ2n) is 4.53. The van der Waals surface area contributed by atoms with E-state index in [0.717, 1.165) is 36.5 Å². The van der Waals surface area contributed by atoms with Gasteiger partial charge in [-0.1, -0.05) is 6.07 Å². The summed E-state index contributed by atoms with van der Waals surface area (Å²) in [6.45, 7) is 2.04. The quantitative estimate of drug-likeness (QED) is 0.631. The molecule has 5 nitrogen and oxygen atoms in total. The average molecular weight is 234 g/mol. The van der Waals surface area contributed by atoms with Gasteiger partial charge in [-0.2, -0.15) is 0 Å². The second kappa shape index (κ2) is 5.05. The maximum absolute atomic E-state index is 6.03. The van der Waals surface area contributed by atoms with Crippen molar-refractivity contribution in [3.63, 3.8) is 0 Å². The van der Waals surface area contributed by atoms with Gasteiger partial charge in [0.25, 0.3) is 0 Å². The van der Waals surface area contributed by atoms with E-state index in [4.69, 9.17) is 5.73 Å². The first-order valence-corrected chi connectivity index (χ1v) is 5.94. The van der Waals surface area contributed by atoms with E-state index in [2.05, 4.69) is 24.5 Å². The summed E-state index contributed by atoms with van der Waals surface area (Å²) in [4.78, 5) is 1.45. The lowest BCUT2D eigenvalue weighted by atomic mass is 10.3. The third-order valence-corrected chi connectivity index (χ3v) is 2.72. The molecule has 0 fully saturated rings. The highest BCUT2D eigenvalue weighted by molar-refractivity contribution is 5.80. The van der Waals surface area contributed by atoms with Crippen LogP contribution in [0.4, 0.5) is 11.5 Å². The van der Waals surface area contributed by atoms with Crippen molar-refractivity contribution < 1.29 is 4.90 Å². The first-order chi connectivity index (χ1) is 8.18. The molecule has 0 radical (unpaired) electrons. The highest BCUT2D eigenvalue weighted by Gasteiger charge is 2.07. The summed E-state index contributed by atoms with van der Waals surface area (Å²) in [6, 6.07) is 5.88. The van der Waals surface area contributed by atoms with E-state index in [9.17, 15) is 0 Å². The Kier molecular flexibility index (Phi) is 3.49. The Labute approximate surface area is 101 Å². The van der Waals surface area contributed by atoms with Crippen LogP contribution in [0.2, 0.25) is 0 Å². The van der Waals surface area contributed by atoms with Crippen molar-refractivity contribution in [2.45, 2.75) is 6.42 Å². The molecule has 0 spiro atoms. The number of anilines is 2. The van der Waals surface area contributed by atoms with Crippen molar-refractivity contribution >= 4 is 17.0 Å². The topological polar surface area (TPSA) is 59.8 Å². The van der Waals surface area contributed by atoms with Gasteiger partial charge in [-0.25, -0.2) is 4.52 Å². The lowest BCUT2D eigenvalue weighted by Gasteiger charge is -2.07. The standard InChI is InChI=1S/C12H19N5/c1-16(2)8-5-7-14-12-11(13)10-6-3-4-9-17(10)15-12/h3-4,6,9H,5,7-8,13H2,1-2H3,(H,14,15)/p+1. The largest absolute Gasteiger partial charge is 0.394 e. The highest BCUT2D eigenvalue weighted by atomic mass is 15.3. The molecule has 2 rings (SSSR count). The number of hydrogen-bond donors (Lipinski definition) is 3. The molecule has 0 aromatic carbocycles. The zero-order valence-electron chi connectivity index (χ0n) is 10.4. The van der Waals surface area contributed by atoms with Gasteiger partial charge in [0.15, 0.2) is 5.82 Å². The average Bonchev–Trinajstić information content (AvgIpc) is 2.63. The molecule has 0 unspecified atom stereocenters. The van der Waals surface area contributed by atoms with E-state index in [0.29, 0.717) is 0 Å². The van der Waals surface area contributed by atoms with Gasteiger partial charge in [0, 0.05) is 19.2 Å². The fourth-order valence-corrected chi connectivity index (χ4v) is 1.80. The van der Waals surface area contributed by atoms with Crippen molar-refractivity contribution in [2.75, 3.05) is 38.2 Å². The van der Waals surface area contributed by atoms with Crippen LogP contribution in [0.3, 0.4) is 0 Å². The molecule has 0 saturated carbocycles. The summed E-state index contributed by atoms with van der Waals surface area (Å²) in [5.74, 6) is 0.782. The molecule has 5 heteroatoms. The lowest BCUT2D eigenvalue weighted by Crippen LogP contribution is -3.05. The predicted octanol–water partition coefficient (Wildman–Crippen LogP) is -0.137. The van der Waals surface area contributed by atoms with Gasteiger partial charge in [0.05, 0.1) is 26.2 Å². The number of fused-ring (bicyclic) bond motifs is 1. The minimum absolute atomic E-state index is 0.725. The third-order valence-electron chi connectivity index (χ3n) is 2.72. The fourth-order valence-electron chi connectivity index (χ4n) is 1.80. The Morgan fingerprint density at radius 1 is 1.41 bits per heavy atom. The molecule has 0 aliphatic heterocycles. The molecular formula is C12H20N5+. The molecule has 0 aliphatic carbocycles. The SMILES string of the molecule is C[NH+](C)CCCNc1nn2ccccc2c1N. The molecule has 4 N–H and O–H groups in total. The minimum Gasteiger partial charge on any atom is -0.394 e. The smallest absolute Gasteiger partial charge is 0.172 e. The van der Waals surface area contributed by atoms with Crippen LogP contribution in [0.25, 0.3) is 5.52 Å². The van der Waals surface area contributed by atoms with Crippen LogP contribution in [-0.2, 0) is 0 Å². The van der Waals surface area contributed by atoms with E-state index in [1.165, 1.54) is 4.90 Å². The van der Waals surface area contributed by atoms with Gasteiger partial charge in [0.2, 0.25) is 0 Å². The van der Waals surface area contributed by atoms with Gasteiger partial charge in [-0.05, 0) is 12.1 Å². The van der Waals surface area contributed by atoms with Crippen molar-refractivity contribution in [3.8, 4) is 0 Å². The van der Waals surface area contributed by atoms with E-state index >= 15 is 0 Å². The first kappa shape index (κ1) is 11.7. The maximum Gasteiger partial charge on any atom is 0.172 e. The zero-order chi connectivity index (χ0) is 12.3. The van der Waals surface area contributed by atoms with Crippen LogP contribution in [0, 0.1) is 0 Å². The number of aromatic nitrogens is 2. The molecular weight excluding hydrogens is 214 g/mol. The Morgan fingerprint density at radius 3 is 2.94 bits per heavy atom. The highest BCUT2D eigenvalue weighted by Crippen LogP contribution is 2.22. The van der Waals surface area contributed by atoms with Crippen LogP contribution in [0.5, 0.6) is 0 Å². The van der Waals surface area contributed by atoms with Crippen LogP contribution >= 0.6 is 0 Å². The maximum atomic E-state index is 6.03. The Hall–Kier alpha value is -1.75. The molecule has 2 heterocycles. The number of nitrogen functional groups attached to an aromatic ring is 1. The molecule has 2 aromatic rings. The van der Waals surface area contributed by atoms with E-state index in [1.54, 1.807) is 4.52 Å². The van der Waals surface area contributed by atoms with Crippen molar-refractivity contribution in [3.05, 3.63) is 24.4 Å². The van der Waals surface area contributed by atoms with Crippen LogP contribution in [-0.4, -0.2) is 36.8 Å². The van der Waals surface area contributed by atoms with E-state index < -0.39 is 0 Å². The Bertz CT molecular complexity index is 489. The third kappa shape index (κ3) is 2.68. The van der Waals surface area contributed by atoms with E-state index in [-0.39, 0.29) is 0 Å². The molecule has 0 amide bonds. The van der Waals surface area contributed by atoms with Crippen molar-refractivity contribution in [1.82, 2.24) is 9.61 Å². The normalized spacial score (nSPS) is 11.2. The Morgan fingerprint density at radius 2 is 2.24 bits per heavy atom. The fraction of sp³-hybridized carbons (Fsp3) is 0.417.